The molecule has 5 heavy (non-hydrogen) atoms. The molecular formula is CO2SSr. The zero-order chi connectivity index (χ0) is 3.58. The molecule has 0 aromatic rings. The first-order valence-electron chi connectivity index (χ1n) is 0.612. The summed E-state index contributed by atoms with van der Waals surface area (Å²) in [5, 5.41) is 15.9. The summed E-state index contributed by atoms with van der Waals surface area (Å²) in [6.07, 6.45) is 0. The smallest absolute Gasteiger partial charge is 0.876 e. The minimum absolute atomic E-state index is 0. The molecule has 2 nitrogen and oxygen atoms in total. The van der Waals surface area contributed by atoms with Crippen LogP contribution in [0, 0.1) is 0 Å². The Bertz CT molecular complexity index is 32.6. The van der Waals surface area contributed by atoms with Gasteiger partial charge in [0.1, 0.15) is 0 Å². The van der Waals surface area contributed by atoms with Crippen molar-refractivity contribution < 1.29 is 10.2 Å². The SMILES string of the molecule is [O-]C([O-])=S.[Sr+2]. The van der Waals surface area contributed by atoms with Crippen LogP contribution in [0.15, 0.2) is 0 Å². The van der Waals surface area contributed by atoms with Crippen molar-refractivity contribution >= 4 is 62.9 Å². The molecule has 0 aromatic heterocycles. The van der Waals surface area contributed by atoms with E-state index in [0.29, 0.717) is 0 Å². The largest absolute Gasteiger partial charge is 2.00 e. The van der Waals surface area contributed by atoms with Gasteiger partial charge in [-0.25, -0.2) is 0 Å². The molecule has 0 spiro atoms. The fraction of sp³-hybridized carbons (Fsp3) is 0. The molecule has 0 unspecified atom stereocenters. The molecule has 0 amide bonds. The van der Waals surface area contributed by atoms with Gasteiger partial charge in [-0.05, 0) is 0 Å². The Kier molecular flexibility index (Phi) is 9.81. The standard InChI is InChI=1S/CH2O2S.Sr/c2-1(3)4;/h(H2,2,3,4);/q;+2/p-2. The fourth-order valence-electron chi connectivity index (χ4n) is 0. The Balaban J connectivity index is 0. The van der Waals surface area contributed by atoms with Gasteiger partial charge in [0.05, 0.1) is 0 Å². The average Bonchev–Trinajstić information content (AvgIpc) is 0.811. The number of hydrogen-bond donors (Lipinski definition) is 0. The second kappa shape index (κ2) is 5.17. The average molecular weight is 164 g/mol. The molecule has 0 bridgehead atoms. The van der Waals surface area contributed by atoms with Crippen LogP contribution in [0.2, 0.25) is 0 Å². The van der Waals surface area contributed by atoms with Crippen molar-refractivity contribution in [3.05, 3.63) is 0 Å². The second-order valence-corrected chi connectivity index (χ2v) is 0.583. The summed E-state index contributed by atoms with van der Waals surface area (Å²) in [4.78, 5) is 0. The quantitative estimate of drug-likeness (QED) is 0.296. The van der Waals surface area contributed by atoms with Crippen LogP contribution in [0.1, 0.15) is 0 Å². The van der Waals surface area contributed by atoms with E-state index in [1.54, 1.807) is 0 Å². The van der Waals surface area contributed by atoms with Gasteiger partial charge in [0, 0.05) is 0 Å². The monoisotopic (exact) mass is 164 g/mol. The molecule has 0 rings (SSSR count). The molecule has 0 fully saturated rings. The number of rotatable bonds is 0. The Hall–Kier alpha value is 1.17. The van der Waals surface area contributed by atoms with Gasteiger partial charge in [0.2, 0.25) is 0 Å². The van der Waals surface area contributed by atoms with Crippen molar-refractivity contribution in [1.29, 1.82) is 0 Å². The van der Waals surface area contributed by atoms with Gasteiger partial charge in [-0.3, -0.25) is 0 Å². The van der Waals surface area contributed by atoms with Crippen LogP contribution in [-0.2, 0) is 0 Å². The third kappa shape index (κ3) is 37.9. The molecule has 0 aliphatic rings. The van der Waals surface area contributed by atoms with Gasteiger partial charge in [-0.1, -0.05) is 0 Å². The van der Waals surface area contributed by atoms with Crippen LogP contribution in [0.4, 0.5) is 0 Å². The predicted molar refractivity (Wildman–Crippen MR) is 18.4 cm³/mol. The van der Waals surface area contributed by atoms with Crippen LogP contribution in [-0.4, -0.2) is 50.7 Å². The minimum atomic E-state index is -1.50. The van der Waals surface area contributed by atoms with Crippen molar-refractivity contribution in [2.75, 3.05) is 0 Å². The van der Waals surface area contributed by atoms with E-state index in [2.05, 4.69) is 12.2 Å². The summed E-state index contributed by atoms with van der Waals surface area (Å²) < 4.78 is 0. The molecule has 0 N–H and O–H groups in total. The molecule has 0 aliphatic carbocycles. The van der Waals surface area contributed by atoms with E-state index >= 15 is 0 Å². The van der Waals surface area contributed by atoms with Crippen molar-refractivity contribution in [2.24, 2.45) is 0 Å². The van der Waals surface area contributed by atoms with Crippen LogP contribution < -0.4 is 10.2 Å². The molecule has 0 heterocycles. The molecule has 24 valence electrons. The summed E-state index contributed by atoms with van der Waals surface area (Å²) in [5.41, 5.74) is 0. The van der Waals surface area contributed by atoms with Crippen molar-refractivity contribution in [3.63, 3.8) is 0 Å². The Morgan fingerprint density at radius 3 is 1.40 bits per heavy atom. The van der Waals surface area contributed by atoms with E-state index in [9.17, 15) is 0 Å². The van der Waals surface area contributed by atoms with Crippen molar-refractivity contribution in [3.8, 4) is 0 Å². The van der Waals surface area contributed by atoms with E-state index < -0.39 is 5.24 Å². The second-order valence-electron chi connectivity index (χ2n) is 0.250. The maximum Gasteiger partial charge on any atom is 2.00 e. The van der Waals surface area contributed by atoms with E-state index in [4.69, 9.17) is 10.2 Å². The maximum absolute atomic E-state index is 8.70. The third-order valence-corrected chi connectivity index (χ3v) is 0. The van der Waals surface area contributed by atoms with Gasteiger partial charge in [-0.15, -0.1) is 17.5 Å². The van der Waals surface area contributed by atoms with Crippen LogP contribution in [0.5, 0.6) is 0 Å². The Morgan fingerprint density at radius 2 is 1.40 bits per heavy atom. The topological polar surface area (TPSA) is 46.1 Å². The molecule has 0 radical (unpaired) electrons. The van der Waals surface area contributed by atoms with Crippen molar-refractivity contribution in [2.45, 2.75) is 0 Å². The van der Waals surface area contributed by atoms with Crippen molar-refractivity contribution in [1.82, 2.24) is 0 Å². The minimum Gasteiger partial charge on any atom is -0.876 e. The summed E-state index contributed by atoms with van der Waals surface area (Å²) in [6.45, 7) is 0. The van der Waals surface area contributed by atoms with E-state index in [1.165, 1.54) is 0 Å². The van der Waals surface area contributed by atoms with Crippen LogP contribution in [0.3, 0.4) is 0 Å². The molecule has 0 atom stereocenters. The molecule has 0 aliphatic heterocycles. The maximum atomic E-state index is 8.70. The number of hydrogen-bond acceptors (Lipinski definition) is 3. The van der Waals surface area contributed by atoms with Crippen LogP contribution in [0.25, 0.3) is 0 Å². The van der Waals surface area contributed by atoms with Gasteiger partial charge >= 0.3 is 45.5 Å². The fourth-order valence-corrected chi connectivity index (χ4v) is 0. The van der Waals surface area contributed by atoms with E-state index in [0.717, 1.165) is 0 Å². The zero-order valence-electron chi connectivity index (χ0n) is 2.43. The van der Waals surface area contributed by atoms with Gasteiger partial charge in [0.25, 0.3) is 0 Å². The molecule has 4 heteroatoms. The Morgan fingerprint density at radius 1 is 1.40 bits per heavy atom. The van der Waals surface area contributed by atoms with E-state index in [-0.39, 0.29) is 45.5 Å². The third-order valence-electron chi connectivity index (χ3n) is 0. The van der Waals surface area contributed by atoms with Gasteiger partial charge in [0.15, 0.2) is 0 Å². The van der Waals surface area contributed by atoms with Gasteiger partial charge in [-0.2, -0.15) is 0 Å². The number of thiocarbonyl (C=S) groups is 1. The summed E-state index contributed by atoms with van der Waals surface area (Å²) >= 11 is 3.43. The Labute approximate surface area is 72.1 Å². The zero-order valence-corrected chi connectivity index (χ0v) is 6.72. The molecule has 0 saturated carbocycles. The predicted octanol–water partition coefficient (Wildman–Crippen LogP) is -2.39. The van der Waals surface area contributed by atoms with Gasteiger partial charge < -0.3 is 10.2 Å². The summed E-state index contributed by atoms with van der Waals surface area (Å²) in [7, 11) is 0. The summed E-state index contributed by atoms with van der Waals surface area (Å²) in [5.74, 6) is 0. The van der Waals surface area contributed by atoms with Crippen LogP contribution >= 0.6 is 12.2 Å². The molecular weight excluding hydrogens is 164 g/mol. The molecule has 0 aromatic carbocycles. The first-order valence-corrected chi connectivity index (χ1v) is 1.02. The first kappa shape index (κ1) is 9.48. The molecule has 0 saturated heterocycles. The summed E-state index contributed by atoms with van der Waals surface area (Å²) in [6, 6.07) is 0. The first-order chi connectivity index (χ1) is 1.73. The normalized spacial score (nSPS) is 4.80. The van der Waals surface area contributed by atoms with E-state index in [1.807, 2.05) is 0 Å².